The smallest absolute Gasteiger partial charge is 0.224 e. The third-order valence-corrected chi connectivity index (χ3v) is 6.74. The van der Waals surface area contributed by atoms with Crippen molar-refractivity contribution in [3.8, 4) is 0 Å². The van der Waals surface area contributed by atoms with Crippen LogP contribution < -0.4 is 0 Å². The lowest BCUT2D eigenvalue weighted by atomic mass is 10.2. The summed E-state index contributed by atoms with van der Waals surface area (Å²) in [6, 6.07) is 6.16. The first-order valence-electron chi connectivity index (χ1n) is 9.22. The molecule has 1 saturated heterocycles. The number of aryl methyl sites for hydroxylation is 2. The minimum Gasteiger partial charge on any atom is -0.464 e. The average molecular weight is 409 g/mol. The van der Waals surface area contributed by atoms with E-state index in [4.69, 9.17) is 8.83 Å². The van der Waals surface area contributed by atoms with Crippen molar-refractivity contribution in [1.29, 1.82) is 0 Å². The highest BCUT2D eigenvalue weighted by molar-refractivity contribution is 7.99. The van der Waals surface area contributed by atoms with Crippen molar-refractivity contribution in [3.63, 3.8) is 0 Å². The van der Waals surface area contributed by atoms with Crippen LogP contribution in [0.15, 0.2) is 27.0 Å². The highest BCUT2D eigenvalue weighted by Gasteiger charge is 2.31. The number of carbonyl (C=O) groups excluding carboxylic acids is 1. The first-order valence-corrected chi connectivity index (χ1v) is 11.4. The average Bonchev–Trinajstić information content (AvgIpc) is 3.18. The zero-order chi connectivity index (χ0) is 19.4. The van der Waals surface area contributed by atoms with Gasteiger partial charge in [-0.05, 0) is 51.7 Å². The Morgan fingerprint density at radius 3 is 2.74 bits per heavy atom. The van der Waals surface area contributed by atoms with Crippen molar-refractivity contribution in [2.24, 2.45) is 0 Å². The molecule has 27 heavy (non-hydrogen) atoms. The SMILES string of the molecule is Cc1cc(C2SCCC(=O)N2CCSCc2ccc(CN(C)C)o2)oc1C. The fraction of sp³-hybridized carbons (Fsp3) is 0.550. The van der Waals surface area contributed by atoms with Crippen molar-refractivity contribution < 1.29 is 13.6 Å². The molecule has 1 aliphatic rings. The minimum atomic E-state index is -0.00504. The quantitative estimate of drug-likeness (QED) is 0.602. The van der Waals surface area contributed by atoms with Crippen LogP contribution in [0.2, 0.25) is 0 Å². The first kappa shape index (κ1) is 20.4. The lowest BCUT2D eigenvalue weighted by molar-refractivity contribution is -0.132. The second-order valence-corrected chi connectivity index (χ2v) is 9.40. The maximum absolute atomic E-state index is 12.5. The summed E-state index contributed by atoms with van der Waals surface area (Å²) in [5.74, 6) is 6.59. The normalized spacial score (nSPS) is 17.9. The van der Waals surface area contributed by atoms with E-state index >= 15 is 0 Å². The Balaban J connectivity index is 1.53. The summed E-state index contributed by atoms with van der Waals surface area (Å²) in [5, 5.41) is -0.00504. The van der Waals surface area contributed by atoms with Crippen LogP contribution in [0.4, 0.5) is 0 Å². The molecule has 1 unspecified atom stereocenters. The van der Waals surface area contributed by atoms with Crippen molar-refractivity contribution >= 4 is 29.4 Å². The molecule has 0 bridgehead atoms. The summed E-state index contributed by atoms with van der Waals surface area (Å²) < 4.78 is 11.8. The van der Waals surface area contributed by atoms with Crippen LogP contribution in [0.1, 0.15) is 40.4 Å². The summed E-state index contributed by atoms with van der Waals surface area (Å²) in [4.78, 5) is 16.5. The van der Waals surface area contributed by atoms with E-state index in [1.807, 2.05) is 45.0 Å². The van der Waals surface area contributed by atoms with Crippen LogP contribution in [-0.4, -0.2) is 47.9 Å². The van der Waals surface area contributed by atoms with Gasteiger partial charge >= 0.3 is 0 Å². The molecule has 0 aliphatic carbocycles. The van der Waals surface area contributed by atoms with Crippen molar-refractivity contribution in [1.82, 2.24) is 9.80 Å². The highest BCUT2D eigenvalue weighted by Crippen LogP contribution is 2.38. The Morgan fingerprint density at radius 1 is 1.26 bits per heavy atom. The van der Waals surface area contributed by atoms with Crippen molar-refractivity contribution in [3.05, 3.63) is 46.8 Å². The Bertz CT molecular complexity index is 750. The molecule has 0 radical (unpaired) electrons. The molecule has 7 heteroatoms. The van der Waals surface area contributed by atoms with Crippen LogP contribution in [0.25, 0.3) is 0 Å². The number of nitrogens with zero attached hydrogens (tertiary/aromatic N) is 2. The van der Waals surface area contributed by atoms with E-state index in [1.54, 1.807) is 23.5 Å². The van der Waals surface area contributed by atoms with Gasteiger partial charge in [0.05, 0.1) is 12.3 Å². The lowest BCUT2D eigenvalue weighted by Gasteiger charge is -2.33. The van der Waals surface area contributed by atoms with Crippen molar-refractivity contribution in [2.45, 2.75) is 37.9 Å². The molecule has 5 nitrogen and oxygen atoms in total. The molecule has 1 aliphatic heterocycles. The molecule has 148 valence electrons. The van der Waals surface area contributed by atoms with Crippen molar-refractivity contribution in [2.75, 3.05) is 32.1 Å². The van der Waals surface area contributed by atoms with Crippen LogP contribution in [0.3, 0.4) is 0 Å². The second kappa shape index (κ2) is 9.26. The van der Waals surface area contributed by atoms with Gasteiger partial charge in [-0.1, -0.05) is 0 Å². The van der Waals surface area contributed by atoms with Gasteiger partial charge in [0.15, 0.2) is 0 Å². The molecule has 0 N–H and O–H groups in total. The molecule has 1 fully saturated rings. The summed E-state index contributed by atoms with van der Waals surface area (Å²) in [7, 11) is 4.06. The number of hydrogen-bond donors (Lipinski definition) is 0. The predicted octanol–water partition coefficient (Wildman–Crippen LogP) is 4.45. The minimum absolute atomic E-state index is 0.00504. The Hall–Kier alpha value is -1.31. The van der Waals surface area contributed by atoms with Gasteiger partial charge in [0.25, 0.3) is 0 Å². The Morgan fingerprint density at radius 2 is 2.04 bits per heavy atom. The summed E-state index contributed by atoms with van der Waals surface area (Å²) in [6.07, 6.45) is 0.608. The fourth-order valence-electron chi connectivity index (χ4n) is 3.06. The third kappa shape index (κ3) is 5.36. The Labute approximate surface area is 169 Å². The molecular formula is C20H28N2O3S2. The molecule has 3 heterocycles. The van der Waals surface area contributed by atoms with Gasteiger partial charge in [-0.2, -0.15) is 11.8 Å². The van der Waals surface area contributed by atoms with E-state index in [-0.39, 0.29) is 11.3 Å². The van der Waals surface area contributed by atoms with Gasteiger partial charge in [-0.25, -0.2) is 0 Å². The fourth-order valence-corrected chi connectivity index (χ4v) is 5.08. The maximum Gasteiger partial charge on any atom is 0.224 e. The van der Waals surface area contributed by atoms with Gasteiger partial charge in [-0.15, -0.1) is 11.8 Å². The van der Waals surface area contributed by atoms with Gasteiger partial charge in [-0.3, -0.25) is 4.79 Å². The van der Waals surface area contributed by atoms with Gasteiger partial charge in [0.2, 0.25) is 5.91 Å². The monoisotopic (exact) mass is 408 g/mol. The van der Waals surface area contributed by atoms with E-state index < -0.39 is 0 Å². The number of hydrogen-bond acceptors (Lipinski definition) is 6. The van der Waals surface area contributed by atoms with E-state index in [2.05, 4.69) is 11.0 Å². The summed E-state index contributed by atoms with van der Waals surface area (Å²) in [5.41, 5.74) is 1.14. The van der Waals surface area contributed by atoms with E-state index in [9.17, 15) is 4.79 Å². The first-order chi connectivity index (χ1) is 12.9. The van der Waals surface area contributed by atoms with Crippen LogP contribution in [-0.2, 0) is 17.1 Å². The van der Waals surface area contributed by atoms with Gasteiger partial charge in [0.1, 0.15) is 28.4 Å². The lowest BCUT2D eigenvalue weighted by Crippen LogP contribution is -2.38. The van der Waals surface area contributed by atoms with Gasteiger partial charge < -0.3 is 18.6 Å². The number of carbonyl (C=O) groups is 1. The number of amides is 1. The van der Waals surface area contributed by atoms with Crippen LogP contribution in [0.5, 0.6) is 0 Å². The highest BCUT2D eigenvalue weighted by atomic mass is 32.2. The molecule has 3 rings (SSSR count). The third-order valence-electron chi connectivity index (χ3n) is 4.53. The molecule has 2 aromatic rings. The van der Waals surface area contributed by atoms with E-state index in [1.165, 1.54) is 0 Å². The topological polar surface area (TPSA) is 49.8 Å². The summed E-state index contributed by atoms with van der Waals surface area (Å²) in [6.45, 7) is 5.56. The predicted molar refractivity (Wildman–Crippen MR) is 112 cm³/mol. The standard InChI is InChI=1S/C20H28N2O3S2/c1-14-11-18(24-15(14)2)20-22(19(23)7-9-27-20)8-10-26-13-17-6-5-16(25-17)12-21(3)4/h5-6,11,20H,7-10,12-13H2,1-4H3. The zero-order valence-corrected chi connectivity index (χ0v) is 18.1. The molecule has 1 atom stereocenters. The van der Waals surface area contributed by atoms with Crippen LogP contribution in [0, 0.1) is 13.8 Å². The number of thioether (sulfide) groups is 2. The van der Waals surface area contributed by atoms with Gasteiger partial charge in [0, 0.05) is 24.5 Å². The molecular weight excluding hydrogens is 380 g/mol. The Kier molecular flexibility index (Phi) is 7.00. The van der Waals surface area contributed by atoms with Crippen LogP contribution >= 0.6 is 23.5 Å². The maximum atomic E-state index is 12.5. The second-order valence-electron chi connectivity index (χ2n) is 7.11. The zero-order valence-electron chi connectivity index (χ0n) is 16.5. The number of furan rings is 2. The summed E-state index contributed by atoms with van der Waals surface area (Å²) >= 11 is 3.59. The molecule has 0 saturated carbocycles. The molecule has 0 aromatic carbocycles. The largest absolute Gasteiger partial charge is 0.464 e. The van der Waals surface area contributed by atoms with E-state index in [0.29, 0.717) is 6.42 Å². The van der Waals surface area contributed by atoms with E-state index in [0.717, 1.165) is 59.0 Å². The number of rotatable bonds is 8. The molecule has 1 amide bonds. The molecule has 2 aromatic heterocycles. The molecule has 0 spiro atoms.